The van der Waals surface area contributed by atoms with Gasteiger partial charge in [-0.3, -0.25) is 0 Å². The Labute approximate surface area is 116 Å². The predicted octanol–water partition coefficient (Wildman–Crippen LogP) is 1.69. The van der Waals surface area contributed by atoms with E-state index < -0.39 is 0 Å². The predicted molar refractivity (Wildman–Crippen MR) is 79.9 cm³/mol. The summed E-state index contributed by atoms with van der Waals surface area (Å²) in [6.07, 6.45) is 0. The summed E-state index contributed by atoms with van der Waals surface area (Å²) in [7, 11) is 3.90. The van der Waals surface area contributed by atoms with Gasteiger partial charge in [0.2, 0.25) is 0 Å². The van der Waals surface area contributed by atoms with Gasteiger partial charge in [-0.15, -0.1) is 0 Å². The smallest absolute Gasteiger partial charge is 0.0661 e. The Morgan fingerprint density at radius 2 is 2.11 bits per heavy atom. The van der Waals surface area contributed by atoms with Crippen molar-refractivity contribution >= 4 is 11.4 Å². The minimum atomic E-state index is 0.295. The van der Waals surface area contributed by atoms with E-state index in [1.807, 2.05) is 6.07 Å². The number of nitrogens with one attached hydrogen (secondary N) is 1. The number of hydrogen-bond donors (Lipinski definition) is 1. The topological polar surface area (TPSA) is 27.7 Å². The molecule has 0 amide bonds. The molecule has 1 atom stereocenters. The van der Waals surface area contributed by atoms with Gasteiger partial charge in [-0.1, -0.05) is 6.07 Å². The molecule has 1 saturated heterocycles. The molecule has 19 heavy (non-hydrogen) atoms. The van der Waals surface area contributed by atoms with Crippen LogP contribution in [0.25, 0.3) is 0 Å². The molecule has 0 spiro atoms. The Kier molecular flexibility index (Phi) is 5.05. The lowest BCUT2D eigenvalue weighted by Gasteiger charge is -2.34. The fourth-order valence-corrected chi connectivity index (χ4v) is 2.36. The fraction of sp³-hybridized carbons (Fsp3) is 0.600. The second-order valence-corrected chi connectivity index (χ2v) is 5.25. The van der Waals surface area contributed by atoms with Crippen LogP contribution >= 0.6 is 0 Å². The van der Waals surface area contributed by atoms with Crippen LogP contribution < -0.4 is 10.2 Å². The summed E-state index contributed by atoms with van der Waals surface area (Å²) in [6.45, 7) is 7.25. The van der Waals surface area contributed by atoms with Crippen molar-refractivity contribution in [3.63, 3.8) is 0 Å². The molecule has 4 nitrogen and oxygen atoms in total. The molecule has 1 N–H and O–H groups in total. The SMILES string of the molecule is COC[C@H](C)Nc1[c]ccc(N2CCN(C)CC2)c1. The maximum Gasteiger partial charge on any atom is 0.0661 e. The number of ether oxygens (including phenoxy) is 1. The lowest BCUT2D eigenvalue weighted by atomic mass is 10.2. The first-order chi connectivity index (χ1) is 9.19. The molecule has 1 radical (unpaired) electrons. The average molecular weight is 262 g/mol. The number of hydrogen-bond acceptors (Lipinski definition) is 4. The molecule has 0 unspecified atom stereocenters. The van der Waals surface area contributed by atoms with E-state index in [0.717, 1.165) is 31.9 Å². The summed E-state index contributed by atoms with van der Waals surface area (Å²) >= 11 is 0. The number of nitrogens with zero attached hydrogens (tertiary/aromatic N) is 2. The number of likely N-dealkylation sites (N-methyl/N-ethyl adjacent to an activating group) is 1. The first kappa shape index (κ1) is 14.2. The Balaban J connectivity index is 1.98. The van der Waals surface area contributed by atoms with E-state index in [1.54, 1.807) is 7.11 Å². The number of anilines is 2. The first-order valence-corrected chi connectivity index (χ1v) is 6.89. The van der Waals surface area contributed by atoms with Crippen molar-refractivity contribution in [1.82, 2.24) is 4.90 Å². The number of piperazine rings is 1. The molecular weight excluding hydrogens is 238 g/mol. The van der Waals surface area contributed by atoms with Gasteiger partial charge < -0.3 is 19.9 Å². The lowest BCUT2D eigenvalue weighted by molar-refractivity contribution is 0.190. The fourth-order valence-electron chi connectivity index (χ4n) is 2.36. The minimum absolute atomic E-state index is 0.295. The van der Waals surface area contributed by atoms with Gasteiger partial charge >= 0.3 is 0 Å². The molecular formula is C15H24N3O. The van der Waals surface area contributed by atoms with Crippen LogP contribution in [-0.2, 0) is 4.74 Å². The van der Waals surface area contributed by atoms with Crippen molar-refractivity contribution in [3.8, 4) is 0 Å². The van der Waals surface area contributed by atoms with Crippen LogP contribution in [0.5, 0.6) is 0 Å². The van der Waals surface area contributed by atoms with E-state index in [9.17, 15) is 0 Å². The van der Waals surface area contributed by atoms with Crippen LogP contribution in [0.1, 0.15) is 6.92 Å². The summed E-state index contributed by atoms with van der Waals surface area (Å²) in [5.74, 6) is 0. The van der Waals surface area contributed by atoms with Crippen molar-refractivity contribution in [2.75, 3.05) is 57.2 Å². The summed E-state index contributed by atoms with van der Waals surface area (Å²) in [4.78, 5) is 4.80. The highest BCUT2D eigenvalue weighted by Crippen LogP contribution is 2.20. The standard InChI is InChI=1S/C15H24N3O/c1-13(12-19-3)16-14-5-4-6-15(11-14)18-9-7-17(2)8-10-18/h4,6,11,13,16H,7-10,12H2,1-3H3/t13-/m0/s1. The average Bonchev–Trinajstić information content (AvgIpc) is 2.40. The summed E-state index contributed by atoms with van der Waals surface area (Å²) < 4.78 is 5.14. The van der Waals surface area contributed by atoms with Crippen molar-refractivity contribution in [2.24, 2.45) is 0 Å². The maximum atomic E-state index is 5.14. The second kappa shape index (κ2) is 6.78. The van der Waals surface area contributed by atoms with E-state index in [-0.39, 0.29) is 0 Å². The van der Waals surface area contributed by atoms with E-state index in [4.69, 9.17) is 4.74 Å². The van der Waals surface area contributed by atoms with Crippen LogP contribution in [0.3, 0.4) is 0 Å². The van der Waals surface area contributed by atoms with Gasteiger partial charge in [0.15, 0.2) is 0 Å². The largest absolute Gasteiger partial charge is 0.383 e. The molecule has 1 aliphatic heterocycles. The molecule has 0 saturated carbocycles. The third-order valence-electron chi connectivity index (χ3n) is 3.47. The monoisotopic (exact) mass is 262 g/mol. The minimum Gasteiger partial charge on any atom is -0.383 e. The highest BCUT2D eigenvalue weighted by Gasteiger charge is 2.14. The van der Waals surface area contributed by atoms with Gasteiger partial charge in [-0.05, 0) is 26.1 Å². The quantitative estimate of drug-likeness (QED) is 0.874. The van der Waals surface area contributed by atoms with Crippen molar-refractivity contribution in [3.05, 3.63) is 24.3 Å². The van der Waals surface area contributed by atoms with E-state index >= 15 is 0 Å². The van der Waals surface area contributed by atoms with Crippen LogP contribution in [0.2, 0.25) is 0 Å². The van der Waals surface area contributed by atoms with Crippen molar-refractivity contribution in [2.45, 2.75) is 13.0 Å². The first-order valence-electron chi connectivity index (χ1n) is 6.89. The Hall–Kier alpha value is -1.26. The molecule has 0 aromatic heterocycles. The Morgan fingerprint density at radius 3 is 2.79 bits per heavy atom. The van der Waals surface area contributed by atoms with E-state index in [0.29, 0.717) is 12.6 Å². The number of benzene rings is 1. The van der Waals surface area contributed by atoms with Gasteiger partial charge in [0.1, 0.15) is 0 Å². The molecule has 105 valence electrons. The molecule has 0 aliphatic carbocycles. The molecule has 4 heteroatoms. The third-order valence-corrected chi connectivity index (χ3v) is 3.47. The Bertz CT molecular complexity index is 389. The summed E-state index contributed by atoms with van der Waals surface area (Å²) in [6, 6.07) is 9.85. The summed E-state index contributed by atoms with van der Waals surface area (Å²) in [5, 5.41) is 3.41. The zero-order valence-corrected chi connectivity index (χ0v) is 12.1. The van der Waals surface area contributed by atoms with Crippen molar-refractivity contribution in [1.29, 1.82) is 0 Å². The zero-order valence-electron chi connectivity index (χ0n) is 12.1. The van der Waals surface area contributed by atoms with E-state index in [1.165, 1.54) is 5.69 Å². The summed E-state index contributed by atoms with van der Waals surface area (Å²) in [5.41, 5.74) is 2.32. The molecule has 1 aromatic carbocycles. The van der Waals surface area contributed by atoms with Crippen LogP contribution in [0.15, 0.2) is 18.2 Å². The maximum absolute atomic E-state index is 5.14. The number of rotatable bonds is 5. The molecule has 1 aliphatic rings. The Morgan fingerprint density at radius 1 is 1.37 bits per heavy atom. The van der Waals surface area contributed by atoms with Gasteiger partial charge in [0.05, 0.1) is 6.61 Å². The number of methoxy groups -OCH3 is 1. The van der Waals surface area contributed by atoms with Gasteiger partial charge in [-0.2, -0.15) is 0 Å². The van der Waals surface area contributed by atoms with Crippen LogP contribution in [0.4, 0.5) is 11.4 Å². The molecule has 1 heterocycles. The van der Waals surface area contributed by atoms with E-state index in [2.05, 4.69) is 47.3 Å². The van der Waals surface area contributed by atoms with Gasteiger partial charge in [-0.25, -0.2) is 0 Å². The molecule has 1 aromatic rings. The van der Waals surface area contributed by atoms with Crippen LogP contribution in [0, 0.1) is 6.07 Å². The van der Waals surface area contributed by atoms with Crippen molar-refractivity contribution < 1.29 is 4.74 Å². The normalized spacial score (nSPS) is 18.4. The molecule has 1 fully saturated rings. The second-order valence-electron chi connectivity index (χ2n) is 5.25. The van der Waals surface area contributed by atoms with Gasteiger partial charge in [0, 0.05) is 56.8 Å². The third kappa shape index (κ3) is 4.11. The van der Waals surface area contributed by atoms with Gasteiger partial charge in [0.25, 0.3) is 0 Å². The highest BCUT2D eigenvalue weighted by molar-refractivity contribution is 5.58. The molecule has 2 rings (SSSR count). The molecule has 0 bridgehead atoms. The lowest BCUT2D eigenvalue weighted by Crippen LogP contribution is -2.44. The zero-order chi connectivity index (χ0) is 13.7. The highest BCUT2D eigenvalue weighted by atomic mass is 16.5. The van der Waals surface area contributed by atoms with Crippen LogP contribution in [-0.4, -0.2) is 57.9 Å².